The second-order valence-electron chi connectivity index (χ2n) is 6.21. The fraction of sp³-hybridized carbons (Fsp3) is 0.263. The molecule has 4 rings (SSSR count). The maximum Gasteiger partial charge on any atom is 0.273 e. The molecule has 0 bridgehead atoms. The molecule has 132 valence electrons. The van der Waals surface area contributed by atoms with Gasteiger partial charge in [-0.2, -0.15) is 0 Å². The maximum absolute atomic E-state index is 13.2. The van der Waals surface area contributed by atoms with Crippen LogP contribution in [-0.2, 0) is 13.1 Å². The van der Waals surface area contributed by atoms with Gasteiger partial charge in [-0.05, 0) is 30.7 Å². The first kappa shape index (κ1) is 16.3. The summed E-state index contributed by atoms with van der Waals surface area (Å²) in [6.45, 7) is 2.86. The van der Waals surface area contributed by atoms with E-state index >= 15 is 0 Å². The predicted molar refractivity (Wildman–Crippen MR) is 94.6 cm³/mol. The van der Waals surface area contributed by atoms with E-state index in [4.69, 9.17) is 4.74 Å². The molecule has 1 atom stereocenters. The molecule has 7 heteroatoms. The number of benzene rings is 1. The molecule has 0 spiro atoms. The van der Waals surface area contributed by atoms with E-state index in [1.54, 1.807) is 32.5 Å². The van der Waals surface area contributed by atoms with Crippen molar-refractivity contribution in [1.29, 1.82) is 0 Å². The maximum atomic E-state index is 13.2. The number of fused-ring (bicyclic) bond motifs is 1. The van der Waals surface area contributed by atoms with Crippen LogP contribution in [0.15, 0.2) is 48.9 Å². The van der Waals surface area contributed by atoms with Crippen LogP contribution in [0.5, 0.6) is 5.75 Å². The van der Waals surface area contributed by atoms with Gasteiger partial charge in [-0.3, -0.25) is 4.79 Å². The Morgan fingerprint density at radius 3 is 2.69 bits per heavy atom. The lowest BCUT2D eigenvalue weighted by molar-refractivity contribution is 0.0578. The molecule has 26 heavy (non-hydrogen) atoms. The highest BCUT2D eigenvalue weighted by atomic mass is 16.5. The van der Waals surface area contributed by atoms with E-state index in [9.17, 15) is 4.79 Å². The summed E-state index contributed by atoms with van der Waals surface area (Å²) in [6, 6.07) is 9.37. The number of carbonyl (C=O) groups is 1. The van der Waals surface area contributed by atoms with Crippen LogP contribution < -0.4 is 4.74 Å². The van der Waals surface area contributed by atoms with Gasteiger partial charge in [-0.1, -0.05) is 12.1 Å². The van der Waals surface area contributed by atoms with E-state index in [2.05, 4.69) is 19.5 Å². The average molecular weight is 349 g/mol. The molecule has 3 heterocycles. The molecule has 0 saturated carbocycles. The van der Waals surface area contributed by atoms with Crippen LogP contribution in [0.1, 0.15) is 33.7 Å². The number of aromatic nitrogens is 4. The smallest absolute Gasteiger partial charge is 0.273 e. The van der Waals surface area contributed by atoms with E-state index in [0.29, 0.717) is 24.6 Å². The highest BCUT2D eigenvalue weighted by Crippen LogP contribution is 2.31. The summed E-state index contributed by atoms with van der Waals surface area (Å²) in [5, 5.41) is 0. The van der Waals surface area contributed by atoms with Crippen molar-refractivity contribution >= 4 is 5.91 Å². The number of imidazole rings is 1. The number of aryl methyl sites for hydroxylation is 1. The Labute approximate surface area is 151 Å². The van der Waals surface area contributed by atoms with Gasteiger partial charge in [0.2, 0.25) is 0 Å². The number of nitrogens with zero attached hydrogens (tertiary/aromatic N) is 5. The molecular weight excluding hydrogens is 330 g/mol. The van der Waals surface area contributed by atoms with E-state index in [-0.39, 0.29) is 11.9 Å². The number of rotatable bonds is 3. The number of hydrogen-bond acceptors (Lipinski definition) is 5. The number of amides is 1. The Kier molecular flexibility index (Phi) is 4.12. The Bertz CT molecular complexity index is 935. The number of methoxy groups -OCH3 is 1. The minimum Gasteiger partial charge on any atom is -0.497 e. The second kappa shape index (κ2) is 6.59. The van der Waals surface area contributed by atoms with E-state index in [0.717, 1.165) is 17.1 Å². The fourth-order valence-electron chi connectivity index (χ4n) is 3.25. The van der Waals surface area contributed by atoms with Crippen molar-refractivity contribution in [3.63, 3.8) is 0 Å². The molecule has 0 N–H and O–H groups in total. The Hall–Kier alpha value is -3.22. The van der Waals surface area contributed by atoms with Gasteiger partial charge in [0.1, 0.15) is 23.1 Å². The zero-order valence-corrected chi connectivity index (χ0v) is 14.7. The monoisotopic (exact) mass is 349 g/mol. The third kappa shape index (κ3) is 2.92. The van der Waals surface area contributed by atoms with Crippen LogP contribution in [0.4, 0.5) is 0 Å². The van der Waals surface area contributed by atoms with Crippen LogP contribution in [0.3, 0.4) is 0 Å². The Morgan fingerprint density at radius 2 is 1.96 bits per heavy atom. The van der Waals surface area contributed by atoms with Gasteiger partial charge in [-0.15, -0.1) is 0 Å². The molecule has 0 unspecified atom stereocenters. The second-order valence-corrected chi connectivity index (χ2v) is 6.21. The first-order valence-electron chi connectivity index (χ1n) is 8.40. The fourth-order valence-corrected chi connectivity index (χ4v) is 3.25. The van der Waals surface area contributed by atoms with E-state index in [1.807, 2.05) is 35.4 Å². The predicted octanol–water partition coefficient (Wildman–Crippen LogP) is 2.39. The largest absolute Gasteiger partial charge is 0.497 e. The summed E-state index contributed by atoms with van der Waals surface area (Å²) in [6.07, 6.45) is 5.33. The molecule has 0 fully saturated rings. The summed E-state index contributed by atoms with van der Waals surface area (Å²) in [4.78, 5) is 27.7. The van der Waals surface area contributed by atoms with Crippen LogP contribution in [-0.4, -0.2) is 37.4 Å². The third-order valence-corrected chi connectivity index (χ3v) is 4.62. The summed E-state index contributed by atoms with van der Waals surface area (Å²) in [5.41, 5.74) is 1.44. The lowest BCUT2D eigenvalue weighted by atomic mass is 10.0. The first-order chi connectivity index (χ1) is 12.7. The Morgan fingerprint density at radius 1 is 1.15 bits per heavy atom. The van der Waals surface area contributed by atoms with Crippen LogP contribution in [0, 0.1) is 6.92 Å². The number of ether oxygens (including phenoxy) is 1. The van der Waals surface area contributed by atoms with Gasteiger partial charge < -0.3 is 14.2 Å². The molecule has 1 aromatic carbocycles. The minimum atomic E-state index is -0.120. The molecule has 1 aliphatic rings. The van der Waals surface area contributed by atoms with Crippen molar-refractivity contribution in [2.24, 2.45) is 0 Å². The van der Waals surface area contributed by atoms with Gasteiger partial charge in [0, 0.05) is 25.1 Å². The molecule has 1 aliphatic heterocycles. The van der Waals surface area contributed by atoms with Crippen molar-refractivity contribution in [1.82, 2.24) is 24.4 Å². The molecule has 3 aromatic rings. The molecule has 7 nitrogen and oxygen atoms in total. The third-order valence-electron chi connectivity index (χ3n) is 4.62. The zero-order valence-electron chi connectivity index (χ0n) is 14.7. The van der Waals surface area contributed by atoms with Crippen LogP contribution >= 0.6 is 0 Å². The number of carbonyl (C=O) groups excluding carboxylic acids is 1. The highest BCUT2D eigenvalue weighted by molar-refractivity contribution is 5.92. The van der Waals surface area contributed by atoms with Gasteiger partial charge in [0.15, 0.2) is 0 Å². The SMILES string of the molecule is COc1ccc([C@@H]2Cn3ccnc3CN2C(=O)c2ccnc(C)n2)cc1. The Balaban J connectivity index is 1.72. The van der Waals surface area contributed by atoms with Gasteiger partial charge >= 0.3 is 0 Å². The topological polar surface area (TPSA) is 73.1 Å². The molecule has 1 amide bonds. The quantitative estimate of drug-likeness (QED) is 0.726. The first-order valence-corrected chi connectivity index (χ1v) is 8.40. The normalized spacial score (nSPS) is 16.2. The van der Waals surface area contributed by atoms with Crippen molar-refractivity contribution in [2.45, 2.75) is 26.1 Å². The van der Waals surface area contributed by atoms with Crippen LogP contribution in [0.25, 0.3) is 0 Å². The molecule has 2 aromatic heterocycles. The lowest BCUT2D eigenvalue weighted by Gasteiger charge is -2.36. The van der Waals surface area contributed by atoms with Crippen molar-refractivity contribution in [2.75, 3.05) is 7.11 Å². The van der Waals surface area contributed by atoms with E-state index in [1.165, 1.54) is 0 Å². The van der Waals surface area contributed by atoms with Crippen LogP contribution in [0.2, 0.25) is 0 Å². The minimum absolute atomic E-state index is 0.106. The highest BCUT2D eigenvalue weighted by Gasteiger charge is 2.32. The molecule has 0 aliphatic carbocycles. The van der Waals surface area contributed by atoms with Gasteiger partial charge in [-0.25, -0.2) is 15.0 Å². The van der Waals surface area contributed by atoms with Crippen molar-refractivity contribution in [3.8, 4) is 5.75 Å². The summed E-state index contributed by atoms with van der Waals surface area (Å²) in [5.74, 6) is 2.12. The van der Waals surface area contributed by atoms with Crippen molar-refractivity contribution in [3.05, 3.63) is 71.8 Å². The lowest BCUT2D eigenvalue weighted by Crippen LogP contribution is -2.41. The molecular formula is C19H19N5O2. The summed E-state index contributed by atoms with van der Waals surface area (Å²) in [7, 11) is 1.64. The molecule has 0 saturated heterocycles. The van der Waals surface area contributed by atoms with Gasteiger partial charge in [0.05, 0.1) is 19.7 Å². The van der Waals surface area contributed by atoms with Gasteiger partial charge in [0.25, 0.3) is 5.91 Å². The number of hydrogen-bond donors (Lipinski definition) is 0. The zero-order chi connectivity index (χ0) is 18.1. The standard InChI is InChI=1S/C19H19N5O2/c1-13-20-8-7-16(22-13)19(25)24-12-18-21-9-10-23(18)11-17(24)14-3-5-15(26-2)6-4-14/h3-10,17H,11-12H2,1-2H3/t17-/m0/s1. The molecule has 0 radical (unpaired) electrons. The summed E-state index contributed by atoms with van der Waals surface area (Å²) < 4.78 is 7.33. The van der Waals surface area contributed by atoms with Crippen molar-refractivity contribution < 1.29 is 9.53 Å². The van der Waals surface area contributed by atoms with E-state index < -0.39 is 0 Å². The average Bonchev–Trinajstić information content (AvgIpc) is 3.14. The summed E-state index contributed by atoms with van der Waals surface area (Å²) >= 11 is 0.